The van der Waals surface area contributed by atoms with Crippen LogP contribution in [0.5, 0.6) is 5.75 Å². The highest BCUT2D eigenvalue weighted by molar-refractivity contribution is 7.80. The molecule has 0 radical (unpaired) electrons. The number of carbonyl (C=O) groups excluding carboxylic acids is 1. The van der Waals surface area contributed by atoms with Crippen molar-refractivity contribution in [3.8, 4) is 5.75 Å². The van der Waals surface area contributed by atoms with Gasteiger partial charge in [-0.1, -0.05) is 6.08 Å². The number of nitrogens with zero attached hydrogens (tertiary/aromatic N) is 1. The maximum atomic E-state index is 11.8. The summed E-state index contributed by atoms with van der Waals surface area (Å²) in [5.74, 6) is -0.265. The van der Waals surface area contributed by atoms with Gasteiger partial charge in [0, 0.05) is 5.56 Å². The van der Waals surface area contributed by atoms with E-state index < -0.39 is 0 Å². The molecular formula is C11H13N3O2S. The van der Waals surface area contributed by atoms with Crippen molar-refractivity contribution in [3.05, 3.63) is 42.5 Å². The fraction of sp³-hybridized carbons (Fsp3) is 0.0909. The summed E-state index contributed by atoms with van der Waals surface area (Å²) in [6.07, 6.45) is 1.57. The summed E-state index contributed by atoms with van der Waals surface area (Å²) in [6, 6.07) is 5.84. The van der Waals surface area contributed by atoms with Gasteiger partial charge < -0.3 is 10.8 Å². The highest BCUT2D eigenvalue weighted by Gasteiger charge is 2.10. The number of hydrazine groups is 1. The molecule has 0 heterocycles. The van der Waals surface area contributed by atoms with Crippen molar-refractivity contribution in [3.63, 3.8) is 0 Å². The van der Waals surface area contributed by atoms with Crippen LogP contribution < -0.4 is 11.2 Å². The van der Waals surface area contributed by atoms with Gasteiger partial charge in [-0.05, 0) is 36.5 Å². The molecule has 1 aromatic rings. The van der Waals surface area contributed by atoms with Crippen LogP contribution in [0.4, 0.5) is 0 Å². The van der Waals surface area contributed by atoms with E-state index in [1.54, 1.807) is 6.08 Å². The molecule has 1 amide bonds. The molecule has 17 heavy (non-hydrogen) atoms. The normalized spacial score (nSPS) is 9.41. The van der Waals surface area contributed by atoms with Crippen LogP contribution in [0.25, 0.3) is 0 Å². The third-order valence-electron chi connectivity index (χ3n) is 1.94. The second-order valence-corrected chi connectivity index (χ2v) is 3.64. The summed E-state index contributed by atoms with van der Waals surface area (Å²) in [4.78, 5) is 11.8. The summed E-state index contributed by atoms with van der Waals surface area (Å²) in [6.45, 7) is 3.85. The van der Waals surface area contributed by atoms with E-state index in [2.05, 4.69) is 12.0 Å². The van der Waals surface area contributed by atoms with Crippen LogP contribution in [0.15, 0.2) is 36.9 Å². The van der Waals surface area contributed by atoms with Crippen molar-refractivity contribution in [2.45, 2.75) is 0 Å². The average molecular weight is 251 g/mol. The second kappa shape index (κ2) is 5.86. The van der Waals surface area contributed by atoms with Crippen molar-refractivity contribution in [1.29, 1.82) is 0 Å². The first-order valence-electron chi connectivity index (χ1n) is 4.82. The Morgan fingerprint density at radius 2 is 2.12 bits per heavy atom. The Hall–Kier alpha value is -2.08. The van der Waals surface area contributed by atoms with Crippen LogP contribution in [0.2, 0.25) is 0 Å². The fourth-order valence-corrected chi connectivity index (χ4v) is 1.24. The van der Waals surface area contributed by atoms with Gasteiger partial charge in [-0.15, -0.1) is 6.58 Å². The molecular weight excluding hydrogens is 238 g/mol. The Morgan fingerprint density at radius 1 is 1.53 bits per heavy atom. The third-order valence-corrected chi connectivity index (χ3v) is 2.16. The molecule has 5 nitrogen and oxygen atoms in total. The summed E-state index contributed by atoms with van der Waals surface area (Å²) in [5.41, 5.74) is 8.35. The van der Waals surface area contributed by atoms with Crippen LogP contribution in [-0.4, -0.2) is 27.7 Å². The monoisotopic (exact) mass is 251 g/mol. The van der Waals surface area contributed by atoms with E-state index in [0.29, 0.717) is 12.1 Å². The Balaban J connectivity index is 2.73. The number of thiocarbonyl (C=S) groups is 1. The minimum Gasteiger partial charge on any atom is -0.508 e. The number of nitrogens with one attached hydrogen (secondary N) is 1. The lowest BCUT2D eigenvalue weighted by Crippen LogP contribution is -2.48. The van der Waals surface area contributed by atoms with E-state index in [0.717, 1.165) is 0 Å². The molecule has 0 aliphatic heterocycles. The van der Waals surface area contributed by atoms with E-state index in [1.807, 2.05) is 0 Å². The molecule has 0 bridgehead atoms. The predicted molar refractivity (Wildman–Crippen MR) is 69.3 cm³/mol. The number of phenolic OH excluding ortho intramolecular Hbond substituents is 1. The zero-order valence-corrected chi connectivity index (χ0v) is 9.91. The standard InChI is InChI=1S/C11H13N3O2S/c1-2-7-14(11(12)17)13-10(16)8-3-5-9(15)6-4-8/h2-6,15H,1,7H2,(H2,12,17)(H,13,16). The van der Waals surface area contributed by atoms with Gasteiger partial charge >= 0.3 is 0 Å². The van der Waals surface area contributed by atoms with E-state index in [9.17, 15) is 4.79 Å². The van der Waals surface area contributed by atoms with E-state index in [4.69, 9.17) is 23.1 Å². The molecule has 0 saturated heterocycles. The van der Waals surface area contributed by atoms with Crippen LogP contribution in [0.3, 0.4) is 0 Å². The molecule has 1 rings (SSSR count). The number of carbonyl (C=O) groups is 1. The van der Waals surface area contributed by atoms with Crippen LogP contribution in [0, 0.1) is 0 Å². The highest BCUT2D eigenvalue weighted by Crippen LogP contribution is 2.09. The number of benzene rings is 1. The van der Waals surface area contributed by atoms with Crippen LogP contribution in [0.1, 0.15) is 10.4 Å². The zero-order chi connectivity index (χ0) is 12.8. The van der Waals surface area contributed by atoms with Crippen molar-refractivity contribution >= 4 is 23.2 Å². The number of hydrogen-bond acceptors (Lipinski definition) is 3. The van der Waals surface area contributed by atoms with Crippen molar-refractivity contribution in [1.82, 2.24) is 10.4 Å². The van der Waals surface area contributed by atoms with Gasteiger partial charge in [0.1, 0.15) is 5.75 Å². The predicted octanol–water partition coefficient (Wildman–Crippen LogP) is 0.769. The lowest BCUT2D eigenvalue weighted by molar-refractivity contribution is 0.0879. The topological polar surface area (TPSA) is 78.6 Å². The molecule has 0 atom stereocenters. The SMILES string of the molecule is C=CCN(NC(=O)c1ccc(O)cc1)C(N)=S. The number of rotatable bonds is 3. The number of nitrogens with two attached hydrogens (primary N) is 1. The number of hydrogen-bond donors (Lipinski definition) is 3. The van der Waals surface area contributed by atoms with Gasteiger partial charge in [0.05, 0.1) is 6.54 Å². The average Bonchev–Trinajstić information content (AvgIpc) is 2.29. The molecule has 0 aliphatic rings. The molecule has 0 saturated carbocycles. The van der Waals surface area contributed by atoms with E-state index in [-0.39, 0.29) is 16.8 Å². The Bertz CT molecular complexity index is 431. The van der Waals surface area contributed by atoms with Gasteiger partial charge in [0.15, 0.2) is 5.11 Å². The van der Waals surface area contributed by atoms with Crippen LogP contribution in [-0.2, 0) is 0 Å². The molecule has 0 unspecified atom stereocenters. The second-order valence-electron chi connectivity index (χ2n) is 3.23. The highest BCUT2D eigenvalue weighted by atomic mass is 32.1. The number of aromatic hydroxyl groups is 1. The summed E-state index contributed by atoms with van der Waals surface area (Å²) in [5, 5.41) is 10.5. The minimum absolute atomic E-state index is 0.0528. The molecule has 0 fully saturated rings. The maximum absolute atomic E-state index is 11.8. The summed E-state index contributed by atoms with van der Waals surface area (Å²) >= 11 is 4.77. The third kappa shape index (κ3) is 3.76. The summed E-state index contributed by atoms with van der Waals surface area (Å²) in [7, 11) is 0. The first kappa shape index (κ1) is 13.0. The first-order chi connectivity index (χ1) is 8.04. The van der Waals surface area contributed by atoms with Crippen molar-refractivity contribution in [2.24, 2.45) is 5.73 Å². The largest absolute Gasteiger partial charge is 0.508 e. The van der Waals surface area contributed by atoms with Gasteiger partial charge in [-0.2, -0.15) is 0 Å². The summed E-state index contributed by atoms with van der Waals surface area (Å²) < 4.78 is 0. The fourth-order valence-electron chi connectivity index (χ4n) is 1.12. The molecule has 90 valence electrons. The van der Waals surface area contributed by atoms with Gasteiger partial charge in [0.25, 0.3) is 5.91 Å². The van der Waals surface area contributed by atoms with E-state index >= 15 is 0 Å². The van der Waals surface area contributed by atoms with E-state index in [1.165, 1.54) is 29.3 Å². The smallest absolute Gasteiger partial charge is 0.269 e. The Kier molecular flexibility index (Phi) is 4.47. The Labute approximate surface area is 105 Å². The van der Waals surface area contributed by atoms with Crippen molar-refractivity contribution < 1.29 is 9.90 Å². The minimum atomic E-state index is -0.361. The number of phenols is 1. The number of amides is 1. The lowest BCUT2D eigenvalue weighted by Gasteiger charge is -2.21. The van der Waals surface area contributed by atoms with Gasteiger partial charge in [-0.25, -0.2) is 0 Å². The van der Waals surface area contributed by atoms with Crippen LogP contribution >= 0.6 is 12.2 Å². The zero-order valence-electron chi connectivity index (χ0n) is 9.09. The van der Waals surface area contributed by atoms with Crippen molar-refractivity contribution in [2.75, 3.05) is 6.54 Å². The Morgan fingerprint density at radius 3 is 2.59 bits per heavy atom. The molecule has 0 spiro atoms. The van der Waals surface area contributed by atoms with Gasteiger partial charge in [-0.3, -0.25) is 15.2 Å². The molecule has 6 heteroatoms. The quantitative estimate of drug-likeness (QED) is 0.420. The molecule has 0 aliphatic carbocycles. The maximum Gasteiger partial charge on any atom is 0.269 e. The molecule has 1 aromatic carbocycles. The van der Waals surface area contributed by atoms with Gasteiger partial charge in [0.2, 0.25) is 0 Å². The first-order valence-corrected chi connectivity index (χ1v) is 5.23. The lowest BCUT2D eigenvalue weighted by atomic mass is 10.2. The molecule has 0 aromatic heterocycles. The molecule has 4 N–H and O–H groups in total.